The van der Waals surface area contributed by atoms with Crippen molar-refractivity contribution >= 4 is 0 Å². The van der Waals surface area contributed by atoms with Crippen molar-refractivity contribution in [1.29, 1.82) is 0 Å². The maximum absolute atomic E-state index is 6.99. The lowest BCUT2D eigenvalue weighted by molar-refractivity contribution is -0.157. The zero-order valence-electron chi connectivity index (χ0n) is 18.7. The quantitative estimate of drug-likeness (QED) is 0.223. The van der Waals surface area contributed by atoms with E-state index >= 15 is 0 Å². The molecule has 1 heteroatoms. The van der Waals surface area contributed by atoms with Gasteiger partial charge in [0.2, 0.25) is 0 Å². The first-order valence-electron chi connectivity index (χ1n) is 11.7. The minimum atomic E-state index is 0.0804. The summed E-state index contributed by atoms with van der Waals surface area (Å²) in [5.74, 6) is 0. The SMILES string of the molecule is CCCCCCC(C)(CCCC)OC(C)(CCCC)CCCCCC. The van der Waals surface area contributed by atoms with Crippen LogP contribution in [0.2, 0.25) is 0 Å². The molecular formula is C24H50O. The third-order valence-electron chi connectivity index (χ3n) is 5.73. The molecular weight excluding hydrogens is 304 g/mol. The minimum absolute atomic E-state index is 0.0804. The molecule has 1 nitrogen and oxygen atoms in total. The predicted octanol–water partition coefficient (Wildman–Crippen LogP) is 8.84. The molecule has 0 amide bonds. The summed E-state index contributed by atoms with van der Waals surface area (Å²) in [5.41, 5.74) is 0.161. The van der Waals surface area contributed by atoms with E-state index in [0.717, 1.165) is 0 Å². The summed E-state index contributed by atoms with van der Waals surface area (Å²) in [7, 11) is 0. The number of ether oxygens (including phenoxy) is 1. The third kappa shape index (κ3) is 12.9. The Labute approximate surface area is 160 Å². The molecule has 0 aliphatic carbocycles. The van der Waals surface area contributed by atoms with Crippen LogP contribution in [0.1, 0.15) is 144 Å². The van der Waals surface area contributed by atoms with Gasteiger partial charge in [0.15, 0.2) is 0 Å². The normalized spacial score (nSPS) is 16.6. The van der Waals surface area contributed by atoms with E-state index in [-0.39, 0.29) is 11.2 Å². The summed E-state index contributed by atoms with van der Waals surface area (Å²) in [6, 6.07) is 0. The maximum atomic E-state index is 6.99. The molecule has 0 saturated carbocycles. The van der Waals surface area contributed by atoms with Crippen LogP contribution < -0.4 is 0 Å². The number of hydrogen-bond acceptors (Lipinski definition) is 1. The highest BCUT2D eigenvalue weighted by Gasteiger charge is 2.34. The topological polar surface area (TPSA) is 9.23 Å². The maximum Gasteiger partial charge on any atom is 0.0662 e. The smallest absolute Gasteiger partial charge is 0.0662 e. The average molecular weight is 355 g/mol. The lowest BCUT2D eigenvalue weighted by Gasteiger charge is -2.41. The van der Waals surface area contributed by atoms with Crippen LogP contribution >= 0.6 is 0 Å². The molecule has 0 saturated heterocycles. The molecule has 0 N–H and O–H groups in total. The zero-order chi connectivity index (χ0) is 19.0. The van der Waals surface area contributed by atoms with E-state index in [9.17, 15) is 0 Å². The fourth-order valence-electron chi connectivity index (χ4n) is 4.00. The Morgan fingerprint density at radius 1 is 0.440 bits per heavy atom. The molecule has 0 spiro atoms. The standard InChI is InChI=1S/C24H50O/c1-7-11-15-17-21-23(5,19-13-9-3)25-24(6,20-14-10-4)22-18-16-12-8-2/h7-22H2,1-6H3. The van der Waals surface area contributed by atoms with Gasteiger partial charge in [-0.15, -0.1) is 0 Å². The summed E-state index contributed by atoms with van der Waals surface area (Å²) in [6.07, 6.45) is 20.8. The van der Waals surface area contributed by atoms with E-state index in [2.05, 4.69) is 41.5 Å². The first-order valence-corrected chi connectivity index (χ1v) is 11.7. The third-order valence-corrected chi connectivity index (χ3v) is 5.73. The Balaban J connectivity index is 4.81. The summed E-state index contributed by atoms with van der Waals surface area (Å²) in [5, 5.41) is 0. The van der Waals surface area contributed by atoms with Gasteiger partial charge in [-0.1, -0.05) is 105 Å². The Morgan fingerprint density at radius 2 is 0.760 bits per heavy atom. The van der Waals surface area contributed by atoms with Crippen molar-refractivity contribution in [3.8, 4) is 0 Å². The highest BCUT2D eigenvalue weighted by atomic mass is 16.5. The molecule has 0 heterocycles. The lowest BCUT2D eigenvalue weighted by atomic mass is 9.87. The second-order valence-corrected chi connectivity index (χ2v) is 8.83. The lowest BCUT2D eigenvalue weighted by Crippen LogP contribution is -2.41. The number of hydrogen-bond donors (Lipinski definition) is 0. The van der Waals surface area contributed by atoms with Crippen LogP contribution in [0.15, 0.2) is 0 Å². The zero-order valence-corrected chi connectivity index (χ0v) is 18.7. The van der Waals surface area contributed by atoms with Gasteiger partial charge in [0.25, 0.3) is 0 Å². The van der Waals surface area contributed by atoms with Crippen LogP contribution in [0.25, 0.3) is 0 Å². The summed E-state index contributed by atoms with van der Waals surface area (Å²) < 4.78 is 6.99. The molecule has 0 aliphatic rings. The van der Waals surface area contributed by atoms with Crippen LogP contribution in [0, 0.1) is 0 Å². The van der Waals surface area contributed by atoms with Crippen molar-refractivity contribution in [3.63, 3.8) is 0 Å². The molecule has 0 rings (SSSR count). The molecule has 0 aliphatic heterocycles. The summed E-state index contributed by atoms with van der Waals surface area (Å²) in [6.45, 7) is 14.0. The molecule has 0 bridgehead atoms. The molecule has 25 heavy (non-hydrogen) atoms. The van der Waals surface area contributed by atoms with Gasteiger partial charge in [0, 0.05) is 0 Å². The van der Waals surface area contributed by atoms with E-state index in [1.165, 1.54) is 103 Å². The van der Waals surface area contributed by atoms with Gasteiger partial charge < -0.3 is 4.74 Å². The largest absolute Gasteiger partial charge is 0.369 e. The molecule has 0 aromatic carbocycles. The van der Waals surface area contributed by atoms with Gasteiger partial charge in [-0.05, 0) is 39.5 Å². The fraction of sp³-hybridized carbons (Fsp3) is 1.00. The van der Waals surface area contributed by atoms with E-state index in [1.54, 1.807) is 0 Å². The average Bonchev–Trinajstić information content (AvgIpc) is 2.59. The summed E-state index contributed by atoms with van der Waals surface area (Å²) >= 11 is 0. The number of unbranched alkanes of at least 4 members (excludes halogenated alkanes) is 8. The molecule has 2 unspecified atom stereocenters. The van der Waals surface area contributed by atoms with E-state index < -0.39 is 0 Å². The van der Waals surface area contributed by atoms with E-state index in [0.29, 0.717) is 0 Å². The highest BCUT2D eigenvalue weighted by Crippen LogP contribution is 2.36. The van der Waals surface area contributed by atoms with Gasteiger partial charge in [-0.25, -0.2) is 0 Å². The van der Waals surface area contributed by atoms with Crippen LogP contribution in [0.3, 0.4) is 0 Å². The van der Waals surface area contributed by atoms with Crippen molar-refractivity contribution in [2.75, 3.05) is 0 Å². The minimum Gasteiger partial charge on any atom is -0.369 e. The molecule has 0 aromatic rings. The van der Waals surface area contributed by atoms with Gasteiger partial charge >= 0.3 is 0 Å². The molecule has 0 radical (unpaired) electrons. The molecule has 0 aromatic heterocycles. The Morgan fingerprint density at radius 3 is 1.08 bits per heavy atom. The van der Waals surface area contributed by atoms with Gasteiger partial charge in [0.05, 0.1) is 11.2 Å². The van der Waals surface area contributed by atoms with Crippen LogP contribution in [-0.2, 0) is 4.74 Å². The van der Waals surface area contributed by atoms with Crippen LogP contribution in [0.4, 0.5) is 0 Å². The van der Waals surface area contributed by atoms with Crippen LogP contribution in [-0.4, -0.2) is 11.2 Å². The second-order valence-electron chi connectivity index (χ2n) is 8.83. The molecule has 0 fully saturated rings. The Bertz CT molecular complexity index is 260. The highest BCUT2D eigenvalue weighted by molar-refractivity contribution is 4.84. The van der Waals surface area contributed by atoms with Crippen molar-refractivity contribution in [2.24, 2.45) is 0 Å². The van der Waals surface area contributed by atoms with Gasteiger partial charge in [0.1, 0.15) is 0 Å². The van der Waals surface area contributed by atoms with Crippen molar-refractivity contribution in [3.05, 3.63) is 0 Å². The molecule has 152 valence electrons. The molecule has 2 atom stereocenters. The second kappa shape index (κ2) is 15.1. The van der Waals surface area contributed by atoms with Crippen molar-refractivity contribution in [1.82, 2.24) is 0 Å². The first-order chi connectivity index (χ1) is 11.9. The fourth-order valence-corrected chi connectivity index (χ4v) is 4.00. The Kier molecular flexibility index (Phi) is 15.0. The van der Waals surface area contributed by atoms with Gasteiger partial charge in [-0.2, -0.15) is 0 Å². The van der Waals surface area contributed by atoms with Crippen molar-refractivity contribution < 1.29 is 4.74 Å². The van der Waals surface area contributed by atoms with Gasteiger partial charge in [-0.3, -0.25) is 0 Å². The monoisotopic (exact) mass is 354 g/mol. The number of rotatable bonds is 18. The van der Waals surface area contributed by atoms with Crippen LogP contribution in [0.5, 0.6) is 0 Å². The predicted molar refractivity (Wildman–Crippen MR) is 114 cm³/mol. The summed E-state index contributed by atoms with van der Waals surface area (Å²) in [4.78, 5) is 0. The Hall–Kier alpha value is -0.0400. The van der Waals surface area contributed by atoms with E-state index in [4.69, 9.17) is 4.74 Å². The van der Waals surface area contributed by atoms with Crippen molar-refractivity contribution in [2.45, 2.75) is 155 Å². The first kappa shape index (κ1) is 25.0. The van der Waals surface area contributed by atoms with E-state index in [1.807, 2.05) is 0 Å².